The summed E-state index contributed by atoms with van der Waals surface area (Å²) in [5, 5.41) is 2.57. The summed E-state index contributed by atoms with van der Waals surface area (Å²) in [7, 11) is 0. The van der Waals surface area contributed by atoms with Gasteiger partial charge in [0.1, 0.15) is 18.1 Å². The summed E-state index contributed by atoms with van der Waals surface area (Å²) >= 11 is 0. The molecule has 0 bridgehead atoms. The summed E-state index contributed by atoms with van der Waals surface area (Å²) in [6.45, 7) is 12.4. The van der Waals surface area contributed by atoms with Crippen molar-refractivity contribution >= 4 is 12.1 Å². The molecule has 0 aromatic carbocycles. The van der Waals surface area contributed by atoms with Crippen LogP contribution in [0.5, 0.6) is 0 Å². The van der Waals surface area contributed by atoms with Gasteiger partial charge in [0.15, 0.2) is 0 Å². The minimum atomic E-state index is -1.03. The average molecular weight is 254 g/mol. The highest BCUT2D eigenvalue weighted by atomic mass is 16.6. The van der Waals surface area contributed by atoms with E-state index in [4.69, 9.17) is 9.47 Å². The molecule has 1 fully saturated rings. The number of amides is 1. The number of rotatable bonds is 4. The van der Waals surface area contributed by atoms with Crippen molar-refractivity contribution in [1.82, 2.24) is 5.32 Å². The van der Waals surface area contributed by atoms with Crippen molar-refractivity contribution in [3.05, 3.63) is 19.6 Å². The van der Waals surface area contributed by atoms with Gasteiger partial charge >= 0.3 is 12.1 Å². The van der Waals surface area contributed by atoms with Gasteiger partial charge in [0.2, 0.25) is 6.61 Å². The molecule has 0 spiro atoms. The van der Waals surface area contributed by atoms with Crippen LogP contribution in [-0.4, -0.2) is 29.8 Å². The van der Waals surface area contributed by atoms with Crippen molar-refractivity contribution in [2.24, 2.45) is 5.92 Å². The van der Waals surface area contributed by atoms with Crippen LogP contribution in [0.4, 0.5) is 4.79 Å². The molecule has 5 heteroatoms. The Bertz CT molecular complexity index is 358. The molecule has 0 aliphatic heterocycles. The van der Waals surface area contributed by atoms with Gasteiger partial charge in [-0.3, -0.25) is 0 Å². The molecule has 0 aromatic rings. The Morgan fingerprint density at radius 3 is 2.56 bits per heavy atom. The SMILES string of the molecule is C=C[C@@H]1C[C@]1(NC(=O)OC(C)(C)C)C(=O)OC[CH2+]. The molecule has 18 heavy (non-hydrogen) atoms. The number of nitrogens with one attached hydrogen (secondary N) is 1. The van der Waals surface area contributed by atoms with E-state index in [1.54, 1.807) is 26.8 Å². The fourth-order valence-electron chi connectivity index (χ4n) is 1.71. The fraction of sp³-hybridized carbons (Fsp3) is 0.615. The molecule has 1 N–H and O–H groups in total. The zero-order valence-electron chi connectivity index (χ0n) is 11.1. The first kappa shape index (κ1) is 14.4. The van der Waals surface area contributed by atoms with Gasteiger partial charge < -0.3 is 14.8 Å². The van der Waals surface area contributed by atoms with Crippen molar-refractivity contribution in [3.8, 4) is 0 Å². The molecule has 100 valence electrons. The molecule has 2 atom stereocenters. The number of hydrogen-bond donors (Lipinski definition) is 1. The lowest BCUT2D eigenvalue weighted by Crippen LogP contribution is -2.47. The molecule has 0 aromatic heterocycles. The van der Waals surface area contributed by atoms with Crippen LogP contribution >= 0.6 is 0 Å². The third-order valence-electron chi connectivity index (χ3n) is 2.62. The van der Waals surface area contributed by atoms with E-state index in [1.807, 2.05) is 0 Å². The van der Waals surface area contributed by atoms with Crippen LogP contribution in [0.25, 0.3) is 0 Å². The van der Waals surface area contributed by atoms with Crippen LogP contribution in [-0.2, 0) is 14.3 Å². The van der Waals surface area contributed by atoms with Crippen LogP contribution in [0.1, 0.15) is 27.2 Å². The van der Waals surface area contributed by atoms with Gasteiger partial charge in [-0.25, -0.2) is 9.59 Å². The first-order valence-corrected chi connectivity index (χ1v) is 5.85. The van der Waals surface area contributed by atoms with Gasteiger partial charge in [0.05, 0.1) is 0 Å². The van der Waals surface area contributed by atoms with E-state index in [9.17, 15) is 9.59 Å². The van der Waals surface area contributed by atoms with Gasteiger partial charge in [-0.1, -0.05) is 6.08 Å². The van der Waals surface area contributed by atoms with E-state index in [0.29, 0.717) is 6.42 Å². The fourth-order valence-corrected chi connectivity index (χ4v) is 1.71. The van der Waals surface area contributed by atoms with Crippen molar-refractivity contribution in [1.29, 1.82) is 0 Å². The molecule has 0 radical (unpaired) electrons. The maximum Gasteiger partial charge on any atom is 0.408 e. The first-order valence-electron chi connectivity index (χ1n) is 5.85. The summed E-state index contributed by atoms with van der Waals surface area (Å²) in [4.78, 5) is 23.5. The van der Waals surface area contributed by atoms with Gasteiger partial charge in [0.25, 0.3) is 0 Å². The molecule has 1 aliphatic carbocycles. The lowest BCUT2D eigenvalue weighted by molar-refractivity contribution is -0.146. The number of esters is 1. The Hall–Kier alpha value is -1.65. The smallest absolute Gasteiger partial charge is 0.408 e. The van der Waals surface area contributed by atoms with Gasteiger partial charge in [-0.2, -0.15) is 0 Å². The lowest BCUT2D eigenvalue weighted by atomic mass is 10.2. The van der Waals surface area contributed by atoms with E-state index >= 15 is 0 Å². The van der Waals surface area contributed by atoms with Crippen molar-refractivity contribution in [3.63, 3.8) is 0 Å². The molecule has 0 saturated heterocycles. The molecule has 1 saturated carbocycles. The second kappa shape index (κ2) is 4.92. The summed E-state index contributed by atoms with van der Waals surface area (Å²) in [6.07, 6.45) is 1.48. The first-order chi connectivity index (χ1) is 8.25. The van der Waals surface area contributed by atoms with Crippen molar-refractivity contribution in [2.75, 3.05) is 6.61 Å². The third kappa shape index (κ3) is 3.18. The highest BCUT2D eigenvalue weighted by Crippen LogP contribution is 2.45. The Labute approximate surface area is 108 Å². The van der Waals surface area contributed by atoms with E-state index < -0.39 is 23.2 Å². The highest BCUT2D eigenvalue weighted by molar-refractivity contribution is 5.90. The van der Waals surface area contributed by atoms with Crippen LogP contribution in [0, 0.1) is 12.8 Å². The zero-order chi connectivity index (χ0) is 14.0. The number of carbonyl (C=O) groups excluding carboxylic acids is 2. The van der Waals surface area contributed by atoms with E-state index in [-0.39, 0.29) is 12.5 Å². The molecule has 1 aliphatic rings. The Balaban J connectivity index is 2.68. The summed E-state index contributed by atoms with van der Waals surface area (Å²) < 4.78 is 9.99. The van der Waals surface area contributed by atoms with Gasteiger partial charge in [0, 0.05) is 5.92 Å². The van der Waals surface area contributed by atoms with Crippen molar-refractivity contribution in [2.45, 2.75) is 38.3 Å². The number of ether oxygens (including phenoxy) is 2. The summed E-state index contributed by atoms with van der Waals surface area (Å²) in [6, 6.07) is 0. The summed E-state index contributed by atoms with van der Waals surface area (Å²) in [5.74, 6) is -0.614. The maximum absolute atomic E-state index is 11.8. The maximum atomic E-state index is 11.8. The molecule has 0 unspecified atom stereocenters. The van der Waals surface area contributed by atoms with Crippen molar-refractivity contribution < 1.29 is 19.1 Å². The van der Waals surface area contributed by atoms with Gasteiger partial charge in [-0.05, 0) is 27.2 Å². The van der Waals surface area contributed by atoms with Crippen LogP contribution < -0.4 is 5.32 Å². The van der Waals surface area contributed by atoms with Crippen LogP contribution in [0.2, 0.25) is 0 Å². The standard InChI is InChI=1S/C13H19NO4/c1-6-9-8-13(9,10(15)17-7-2)14-11(16)18-12(3,4)5/h6,9H,1-2,7-8H2,3-5H3/p+1/t9-,13-/m1/s1. The monoisotopic (exact) mass is 254 g/mol. The molecule has 5 nitrogen and oxygen atoms in total. The highest BCUT2D eigenvalue weighted by Gasteiger charge is 2.61. The molecule has 0 heterocycles. The minimum absolute atomic E-state index is 0.0282. The second-order valence-corrected chi connectivity index (χ2v) is 5.28. The summed E-state index contributed by atoms with van der Waals surface area (Å²) in [5.41, 5.74) is -1.64. The average Bonchev–Trinajstić information content (AvgIpc) is 2.90. The normalized spacial score (nSPS) is 26.1. The number of alkyl carbamates (subject to hydrolysis) is 1. The Morgan fingerprint density at radius 1 is 1.56 bits per heavy atom. The van der Waals surface area contributed by atoms with Gasteiger partial charge in [-0.15, -0.1) is 6.58 Å². The number of hydrogen-bond acceptors (Lipinski definition) is 4. The van der Waals surface area contributed by atoms with Crippen LogP contribution in [0.3, 0.4) is 0 Å². The largest absolute Gasteiger partial charge is 0.444 e. The number of carbonyl (C=O) groups is 2. The second-order valence-electron chi connectivity index (χ2n) is 5.28. The molecule has 1 rings (SSSR count). The molecular weight excluding hydrogens is 234 g/mol. The van der Waals surface area contributed by atoms with E-state index in [1.165, 1.54) is 0 Å². The van der Waals surface area contributed by atoms with E-state index in [0.717, 1.165) is 0 Å². The molecular formula is C13H20NO4+. The third-order valence-corrected chi connectivity index (χ3v) is 2.62. The topological polar surface area (TPSA) is 64.6 Å². The molecule has 1 amide bonds. The van der Waals surface area contributed by atoms with Crippen LogP contribution in [0.15, 0.2) is 12.7 Å². The Kier molecular flexibility index (Phi) is 3.94. The lowest BCUT2D eigenvalue weighted by Gasteiger charge is -2.22. The Morgan fingerprint density at radius 2 is 2.17 bits per heavy atom. The predicted octanol–water partition coefficient (Wildman–Crippen LogP) is 1.83. The minimum Gasteiger partial charge on any atom is -0.444 e. The quantitative estimate of drug-likeness (QED) is 0.472. The van der Waals surface area contributed by atoms with E-state index in [2.05, 4.69) is 18.8 Å². The zero-order valence-corrected chi connectivity index (χ0v) is 11.1. The predicted molar refractivity (Wildman–Crippen MR) is 66.7 cm³/mol.